The molecule has 0 saturated carbocycles. The molecule has 0 aliphatic heterocycles. The maximum atomic E-state index is 14.2. The first-order valence-corrected chi connectivity index (χ1v) is 13.5. The fourth-order valence-electron chi connectivity index (χ4n) is 3.95. The van der Waals surface area contributed by atoms with Gasteiger partial charge in [-0.25, -0.2) is 22.0 Å². The van der Waals surface area contributed by atoms with Crippen LogP contribution in [0.3, 0.4) is 0 Å². The molecule has 2 aromatic heterocycles. The second-order valence-corrected chi connectivity index (χ2v) is 11.3. The average Bonchev–Trinajstić information content (AvgIpc) is 2.85. The molecule has 0 spiro atoms. The number of hydrogen-bond donors (Lipinski definition) is 1. The van der Waals surface area contributed by atoms with Gasteiger partial charge in [-0.1, -0.05) is 36.0 Å². The van der Waals surface area contributed by atoms with Gasteiger partial charge in [0, 0.05) is 16.5 Å². The molecule has 37 heavy (non-hydrogen) atoms. The van der Waals surface area contributed by atoms with Crippen LogP contribution in [-0.4, -0.2) is 24.3 Å². The Hall–Kier alpha value is -3.96. The van der Waals surface area contributed by atoms with E-state index in [1.807, 2.05) is 0 Å². The number of pyridine rings is 1. The van der Waals surface area contributed by atoms with Crippen LogP contribution in [0.15, 0.2) is 95.4 Å². The van der Waals surface area contributed by atoms with Crippen molar-refractivity contribution in [3.05, 3.63) is 105 Å². The Morgan fingerprint density at radius 2 is 1.70 bits per heavy atom. The van der Waals surface area contributed by atoms with E-state index in [1.165, 1.54) is 65.2 Å². The molecule has 0 aliphatic carbocycles. The zero-order valence-corrected chi connectivity index (χ0v) is 20.7. The third-order valence-corrected chi connectivity index (χ3v) is 7.98. The number of benzene rings is 3. The van der Waals surface area contributed by atoms with Gasteiger partial charge < -0.3 is 14.1 Å². The van der Waals surface area contributed by atoms with E-state index >= 15 is 0 Å². The molecule has 1 N–H and O–H groups in total. The minimum absolute atomic E-state index is 0.0367. The van der Waals surface area contributed by atoms with Crippen molar-refractivity contribution in [3.63, 3.8) is 0 Å². The molecule has 5 rings (SSSR count). The fraction of sp³-hybridized carbons (Fsp3) is 0.0769. The standard InChI is InChI=1S/C26H17F2NO6S2/c1-37(33,34)16-10-11-17-19(12-16)29(13-14-6-8-15(27)9-7-14)25(31)21-22(30)24(26(32)35-23(17)21)36-20-5-3-2-4-18(20)28/h2-12,30H,13H2,1H3. The summed E-state index contributed by atoms with van der Waals surface area (Å²) in [4.78, 5) is 26.1. The van der Waals surface area contributed by atoms with Crippen molar-refractivity contribution in [1.82, 2.24) is 4.57 Å². The van der Waals surface area contributed by atoms with E-state index in [1.54, 1.807) is 6.07 Å². The Morgan fingerprint density at radius 3 is 2.38 bits per heavy atom. The topological polar surface area (TPSA) is 107 Å². The highest BCUT2D eigenvalue weighted by Crippen LogP contribution is 2.38. The molecular formula is C26H17F2NO6S2. The van der Waals surface area contributed by atoms with Gasteiger partial charge in [0.15, 0.2) is 21.2 Å². The molecule has 0 aliphatic rings. The summed E-state index contributed by atoms with van der Waals surface area (Å²) in [5.41, 5.74) is -1.37. The van der Waals surface area contributed by atoms with Crippen LogP contribution in [-0.2, 0) is 16.4 Å². The molecule has 5 aromatic rings. The normalized spacial score (nSPS) is 11.9. The van der Waals surface area contributed by atoms with Crippen LogP contribution in [0.4, 0.5) is 8.78 Å². The lowest BCUT2D eigenvalue weighted by Crippen LogP contribution is -2.23. The smallest absolute Gasteiger partial charge is 0.354 e. The third-order valence-electron chi connectivity index (χ3n) is 5.75. The van der Waals surface area contributed by atoms with Crippen LogP contribution in [0.2, 0.25) is 0 Å². The van der Waals surface area contributed by atoms with Crippen LogP contribution >= 0.6 is 11.8 Å². The Kier molecular flexibility index (Phi) is 6.12. The van der Waals surface area contributed by atoms with Crippen LogP contribution < -0.4 is 11.2 Å². The largest absolute Gasteiger partial charge is 0.505 e. The Bertz CT molecular complexity index is 1930. The summed E-state index contributed by atoms with van der Waals surface area (Å²) < 4.78 is 58.8. The van der Waals surface area contributed by atoms with E-state index in [2.05, 4.69) is 0 Å². The number of nitrogens with zero attached hydrogens (tertiary/aromatic N) is 1. The highest BCUT2D eigenvalue weighted by atomic mass is 32.2. The van der Waals surface area contributed by atoms with Gasteiger partial charge in [-0.15, -0.1) is 0 Å². The molecule has 0 bridgehead atoms. The first-order valence-electron chi connectivity index (χ1n) is 10.8. The van der Waals surface area contributed by atoms with E-state index in [-0.39, 0.29) is 43.1 Å². The molecule has 7 nitrogen and oxygen atoms in total. The fourth-order valence-corrected chi connectivity index (χ4v) is 5.45. The summed E-state index contributed by atoms with van der Waals surface area (Å²) in [7, 11) is -3.66. The minimum atomic E-state index is -3.66. The third kappa shape index (κ3) is 4.51. The van der Waals surface area contributed by atoms with Crippen molar-refractivity contribution in [2.24, 2.45) is 0 Å². The van der Waals surface area contributed by atoms with Crippen LogP contribution in [0.5, 0.6) is 5.75 Å². The predicted octanol–water partition coefficient (Wildman–Crippen LogP) is 4.69. The van der Waals surface area contributed by atoms with Crippen molar-refractivity contribution in [1.29, 1.82) is 0 Å². The maximum Gasteiger partial charge on any atom is 0.354 e. The molecule has 0 unspecified atom stereocenters. The lowest BCUT2D eigenvalue weighted by Gasteiger charge is -2.15. The summed E-state index contributed by atoms with van der Waals surface area (Å²) in [5.74, 6) is -1.80. The van der Waals surface area contributed by atoms with Crippen LogP contribution in [0.1, 0.15) is 5.56 Å². The van der Waals surface area contributed by atoms with E-state index in [0.717, 1.165) is 6.26 Å². The number of rotatable bonds is 5. The Balaban J connectivity index is 1.84. The molecule has 2 heterocycles. The second-order valence-electron chi connectivity index (χ2n) is 8.27. The Morgan fingerprint density at radius 1 is 1.00 bits per heavy atom. The highest BCUT2D eigenvalue weighted by molar-refractivity contribution is 7.99. The van der Waals surface area contributed by atoms with E-state index in [9.17, 15) is 31.9 Å². The molecule has 0 radical (unpaired) electrons. The highest BCUT2D eigenvalue weighted by Gasteiger charge is 2.24. The van der Waals surface area contributed by atoms with Gasteiger partial charge in [0.25, 0.3) is 5.56 Å². The quantitative estimate of drug-likeness (QED) is 0.322. The molecule has 0 saturated heterocycles. The SMILES string of the molecule is CS(=O)(=O)c1ccc2c3oc(=O)c(Sc4ccccc4F)c(O)c3c(=O)n(Cc3ccc(F)cc3)c2c1. The second kappa shape index (κ2) is 9.16. The molecular weight excluding hydrogens is 524 g/mol. The van der Waals surface area contributed by atoms with Gasteiger partial charge in [-0.3, -0.25) is 4.79 Å². The minimum Gasteiger partial charge on any atom is -0.505 e. The van der Waals surface area contributed by atoms with Gasteiger partial charge in [0.05, 0.1) is 17.0 Å². The molecule has 0 atom stereocenters. The Labute approximate surface area is 212 Å². The summed E-state index contributed by atoms with van der Waals surface area (Å²) in [5, 5.41) is 10.9. The van der Waals surface area contributed by atoms with Crippen molar-refractivity contribution in [2.45, 2.75) is 21.2 Å². The first-order chi connectivity index (χ1) is 17.5. The van der Waals surface area contributed by atoms with E-state index in [0.29, 0.717) is 17.3 Å². The number of halogens is 2. The molecule has 0 fully saturated rings. The van der Waals surface area contributed by atoms with Gasteiger partial charge in [-0.2, -0.15) is 0 Å². The van der Waals surface area contributed by atoms with E-state index < -0.39 is 38.4 Å². The van der Waals surface area contributed by atoms with Gasteiger partial charge in [-0.05, 0) is 48.0 Å². The summed E-state index contributed by atoms with van der Waals surface area (Å²) >= 11 is 0.613. The number of fused-ring (bicyclic) bond motifs is 3. The lowest BCUT2D eigenvalue weighted by atomic mass is 10.1. The molecule has 11 heteroatoms. The number of aromatic nitrogens is 1. The van der Waals surface area contributed by atoms with Crippen LogP contribution in [0, 0.1) is 11.6 Å². The van der Waals surface area contributed by atoms with E-state index in [4.69, 9.17) is 4.42 Å². The van der Waals surface area contributed by atoms with Crippen molar-refractivity contribution < 1.29 is 26.7 Å². The summed E-state index contributed by atoms with van der Waals surface area (Å²) in [6.45, 7) is -0.104. The molecule has 0 amide bonds. The van der Waals surface area contributed by atoms with Gasteiger partial charge >= 0.3 is 5.63 Å². The van der Waals surface area contributed by atoms with Crippen molar-refractivity contribution in [2.75, 3.05) is 6.26 Å². The van der Waals surface area contributed by atoms with Crippen molar-refractivity contribution >= 4 is 43.5 Å². The zero-order valence-electron chi connectivity index (χ0n) is 19.1. The monoisotopic (exact) mass is 541 g/mol. The number of hydrogen-bond acceptors (Lipinski definition) is 7. The maximum absolute atomic E-state index is 14.2. The summed E-state index contributed by atoms with van der Waals surface area (Å²) in [6, 6.07) is 14.9. The first kappa shape index (κ1) is 24.7. The number of sulfone groups is 1. The zero-order chi connectivity index (χ0) is 26.5. The number of aromatic hydroxyl groups is 1. The molecule has 3 aromatic carbocycles. The van der Waals surface area contributed by atoms with Crippen LogP contribution in [0.25, 0.3) is 21.9 Å². The predicted molar refractivity (Wildman–Crippen MR) is 135 cm³/mol. The summed E-state index contributed by atoms with van der Waals surface area (Å²) in [6.07, 6.45) is 1.01. The average molecular weight is 542 g/mol. The van der Waals surface area contributed by atoms with Gasteiger partial charge in [0.2, 0.25) is 0 Å². The van der Waals surface area contributed by atoms with Gasteiger partial charge in [0.1, 0.15) is 21.9 Å². The van der Waals surface area contributed by atoms with Crippen molar-refractivity contribution in [3.8, 4) is 5.75 Å². The lowest BCUT2D eigenvalue weighted by molar-refractivity contribution is 0.446. The molecule has 188 valence electrons.